The lowest BCUT2D eigenvalue weighted by Crippen LogP contribution is -2.46. The van der Waals surface area contributed by atoms with Crippen molar-refractivity contribution in [1.82, 2.24) is 5.32 Å². The van der Waals surface area contributed by atoms with Gasteiger partial charge in [0.2, 0.25) is 5.91 Å². The van der Waals surface area contributed by atoms with E-state index in [-0.39, 0.29) is 24.4 Å². The molecule has 4 heteroatoms. The van der Waals surface area contributed by atoms with Crippen molar-refractivity contribution < 1.29 is 9.59 Å². The molecule has 0 radical (unpaired) electrons. The maximum absolute atomic E-state index is 10.7. The lowest BCUT2D eigenvalue weighted by atomic mass is 9.81. The summed E-state index contributed by atoms with van der Waals surface area (Å²) < 4.78 is 0. The highest BCUT2D eigenvalue weighted by Crippen LogP contribution is 2.24. The maximum Gasteiger partial charge on any atom is 0.233 e. The predicted octanol–water partition coefficient (Wildman–Crippen LogP) is -0.961. The molecule has 0 unspecified atom stereocenters. The van der Waals surface area contributed by atoms with E-state index < -0.39 is 0 Å². The van der Waals surface area contributed by atoms with Gasteiger partial charge < -0.3 is 15.8 Å². The van der Waals surface area contributed by atoms with Crippen molar-refractivity contribution in [2.24, 2.45) is 11.7 Å². The first-order chi connectivity index (χ1) is 5.26. The fraction of sp³-hybridized carbons (Fsp3) is 0.714. The molecule has 0 aromatic heterocycles. The normalized spacial score (nSPS) is 28.8. The largest absolute Gasteiger partial charge is 0.352 e. The summed E-state index contributed by atoms with van der Waals surface area (Å²) in [4.78, 5) is 20.8. The van der Waals surface area contributed by atoms with Crippen molar-refractivity contribution in [3.05, 3.63) is 0 Å². The zero-order chi connectivity index (χ0) is 8.27. The van der Waals surface area contributed by atoms with E-state index in [1.54, 1.807) is 0 Å². The van der Waals surface area contributed by atoms with E-state index in [1.165, 1.54) is 0 Å². The standard InChI is InChI=1S/C7H12N2O2/c8-3-7(11)9-6-1-5(2-6)4-10/h4-6H,1-3,8H2,(H,9,11). The van der Waals surface area contributed by atoms with Crippen LogP contribution in [0.25, 0.3) is 0 Å². The van der Waals surface area contributed by atoms with Crippen LogP contribution in [-0.4, -0.2) is 24.8 Å². The molecule has 0 heterocycles. The van der Waals surface area contributed by atoms with Gasteiger partial charge in [0.25, 0.3) is 0 Å². The van der Waals surface area contributed by atoms with E-state index in [1.807, 2.05) is 0 Å². The molecule has 0 atom stereocenters. The van der Waals surface area contributed by atoms with Crippen molar-refractivity contribution in [1.29, 1.82) is 0 Å². The Hall–Kier alpha value is -0.900. The second-order valence-electron chi connectivity index (χ2n) is 2.84. The molecule has 11 heavy (non-hydrogen) atoms. The highest BCUT2D eigenvalue weighted by Gasteiger charge is 2.29. The Bertz CT molecular complexity index is 164. The summed E-state index contributed by atoms with van der Waals surface area (Å²) in [7, 11) is 0. The summed E-state index contributed by atoms with van der Waals surface area (Å²) in [5.74, 6) is 0.0115. The lowest BCUT2D eigenvalue weighted by Gasteiger charge is -2.31. The first-order valence-corrected chi connectivity index (χ1v) is 3.71. The molecular weight excluding hydrogens is 144 g/mol. The average Bonchev–Trinajstić information content (AvgIpc) is 1.95. The van der Waals surface area contributed by atoms with Crippen LogP contribution in [0.5, 0.6) is 0 Å². The second kappa shape index (κ2) is 3.48. The minimum Gasteiger partial charge on any atom is -0.352 e. The van der Waals surface area contributed by atoms with Crippen LogP contribution in [0.2, 0.25) is 0 Å². The van der Waals surface area contributed by atoms with Gasteiger partial charge >= 0.3 is 0 Å². The third-order valence-electron chi connectivity index (χ3n) is 1.92. The van der Waals surface area contributed by atoms with Crippen molar-refractivity contribution in [3.8, 4) is 0 Å². The van der Waals surface area contributed by atoms with Crippen LogP contribution in [0.3, 0.4) is 0 Å². The van der Waals surface area contributed by atoms with E-state index >= 15 is 0 Å². The van der Waals surface area contributed by atoms with Gasteiger partial charge in [-0.1, -0.05) is 0 Å². The summed E-state index contributed by atoms with van der Waals surface area (Å²) in [6, 6.07) is 0.182. The SMILES string of the molecule is NCC(=O)NC1CC(C=O)C1. The monoisotopic (exact) mass is 156 g/mol. The molecule has 0 aliphatic heterocycles. The molecule has 0 aromatic carbocycles. The van der Waals surface area contributed by atoms with Crippen LogP contribution < -0.4 is 11.1 Å². The number of rotatable bonds is 3. The highest BCUT2D eigenvalue weighted by molar-refractivity contribution is 5.78. The van der Waals surface area contributed by atoms with Gasteiger partial charge in [0.15, 0.2) is 0 Å². The van der Waals surface area contributed by atoms with Crippen LogP contribution in [0, 0.1) is 5.92 Å². The summed E-state index contributed by atoms with van der Waals surface area (Å²) in [5.41, 5.74) is 5.08. The minimum absolute atomic E-state index is 0.0300. The Morgan fingerprint density at radius 3 is 2.73 bits per heavy atom. The smallest absolute Gasteiger partial charge is 0.233 e. The average molecular weight is 156 g/mol. The van der Waals surface area contributed by atoms with Crippen LogP contribution in [0.4, 0.5) is 0 Å². The number of hydrogen-bond donors (Lipinski definition) is 2. The van der Waals surface area contributed by atoms with Crippen molar-refractivity contribution in [2.45, 2.75) is 18.9 Å². The molecular formula is C7H12N2O2. The number of nitrogens with two attached hydrogens (primary N) is 1. The molecule has 0 aromatic rings. The van der Waals surface area contributed by atoms with Gasteiger partial charge in [-0.2, -0.15) is 0 Å². The molecule has 0 saturated heterocycles. The molecule has 1 amide bonds. The molecule has 1 aliphatic rings. The topological polar surface area (TPSA) is 72.2 Å². The van der Waals surface area contributed by atoms with Crippen molar-refractivity contribution >= 4 is 12.2 Å². The quantitative estimate of drug-likeness (QED) is 0.517. The fourth-order valence-electron chi connectivity index (χ4n) is 1.18. The first kappa shape index (κ1) is 8.20. The van der Waals surface area contributed by atoms with Gasteiger partial charge in [0, 0.05) is 12.0 Å². The predicted molar refractivity (Wildman–Crippen MR) is 39.8 cm³/mol. The Kier molecular flexibility index (Phi) is 2.59. The Morgan fingerprint density at radius 2 is 2.27 bits per heavy atom. The second-order valence-corrected chi connectivity index (χ2v) is 2.84. The molecule has 3 N–H and O–H groups in total. The van der Waals surface area contributed by atoms with Crippen molar-refractivity contribution in [3.63, 3.8) is 0 Å². The Balaban J connectivity index is 2.13. The molecule has 62 valence electrons. The third-order valence-corrected chi connectivity index (χ3v) is 1.92. The lowest BCUT2D eigenvalue weighted by molar-refractivity contribution is -0.123. The first-order valence-electron chi connectivity index (χ1n) is 3.71. The van der Waals surface area contributed by atoms with Gasteiger partial charge in [0.05, 0.1) is 6.54 Å². The summed E-state index contributed by atoms with van der Waals surface area (Å²) in [6.07, 6.45) is 2.48. The molecule has 1 rings (SSSR count). The van der Waals surface area contributed by atoms with Gasteiger partial charge in [-0.05, 0) is 12.8 Å². The maximum atomic E-state index is 10.7. The van der Waals surface area contributed by atoms with E-state index in [0.717, 1.165) is 19.1 Å². The number of amides is 1. The molecule has 0 bridgehead atoms. The summed E-state index contributed by atoms with van der Waals surface area (Å²) in [5, 5.41) is 2.71. The Labute approximate surface area is 65.1 Å². The fourth-order valence-corrected chi connectivity index (χ4v) is 1.18. The molecule has 0 spiro atoms. The van der Waals surface area contributed by atoms with Gasteiger partial charge in [0.1, 0.15) is 6.29 Å². The number of hydrogen-bond acceptors (Lipinski definition) is 3. The molecule has 4 nitrogen and oxygen atoms in total. The zero-order valence-corrected chi connectivity index (χ0v) is 6.25. The Morgan fingerprint density at radius 1 is 1.64 bits per heavy atom. The van der Waals surface area contributed by atoms with E-state index in [4.69, 9.17) is 5.73 Å². The number of aldehydes is 1. The third kappa shape index (κ3) is 2.01. The van der Waals surface area contributed by atoms with Crippen LogP contribution in [0.15, 0.2) is 0 Å². The van der Waals surface area contributed by atoms with E-state index in [0.29, 0.717) is 0 Å². The molecule has 1 aliphatic carbocycles. The molecule has 1 fully saturated rings. The van der Waals surface area contributed by atoms with Crippen LogP contribution in [0.1, 0.15) is 12.8 Å². The number of nitrogens with one attached hydrogen (secondary N) is 1. The van der Waals surface area contributed by atoms with Gasteiger partial charge in [-0.3, -0.25) is 4.79 Å². The number of carbonyl (C=O) groups is 2. The summed E-state index contributed by atoms with van der Waals surface area (Å²) in [6.45, 7) is 0.0300. The van der Waals surface area contributed by atoms with E-state index in [2.05, 4.69) is 5.32 Å². The van der Waals surface area contributed by atoms with Gasteiger partial charge in [-0.15, -0.1) is 0 Å². The zero-order valence-electron chi connectivity index (χ0n) is 6.25. The van der Waals surface area contributed by atoms with Gasteiger partial charge in [-0.25, -0.2) is 0 Å². The van der Waals surface area contributed by atoms with Crippen LogP contribution in [-0.2, 0) is 9.59 Å². The highest BCUT2D eigenvalue weighted by atomic mass is 16.2. The number of carbonyl (C=O) groups excluding carboxylic acids is 2. The van der Waals surface area contributed by atoms with E-state index in [9.17, 15) is 9.59 Å². The van der Waals surface area contributed by atoms with Crippen LogP contribution >= 0.6 is 0 Å². The summed E-state index contributed by atoms with van der Waals surface area (Å²) >= 11 is 0. The van der Waals surface area contributed by atoms with Crippen molar-refractivity contribution in [2.75, 3.05) is 6.54 Å². The molecule has 1 saturated carbocycles. The minimum atomic E-state index is -0.139.